The second kappa shape index (κ2) is 7.03. The van der Waals surface area contributed by atoms with Crippen molar-refractivity contribution in [2.45, 2.75) is 32.1 Å². The van der Waals surface area contributed by atoms with Crippen LogP contribution in [0.3, 0.4) is 0 Å². The maximum Gasteiger partial charge on any atom is 0.303 e. The summed E-state index contributed by atoms with van der Waals surface area (Å²) in [7, 11) is 0. The van der Waals surface area contributed by atoms with Gasteiger partial charge in [0, 0.05) is 37.3 Å². The van der Waals surface area contributed by atoms with Crippen LogP contribution in [0.2, 0.25) is 0 Å². The molecule has 2 heterocycles. The maximum absolute atomic E-state index is 12.3. The molecule has 1 amide bonds. The highest BCUT2D eigenvalue weighted by Crippen LogP contribution is 2.29. The summed E-state index contributed by atoms with van der Waals surface area (Å²) in [4.78, 5) is 38.9. The lowest BCUT2D eigenvalue weighted by Crippen LogP contribution is -2.38. The van der Waals surface area contributed by atoms with E-state index in [1.807, 2.05) is 17.0 Å². The number of rotatable bonds is 6. The van der Waals surface area contributed by atoms with Crippen molar-refractivity contribution in [3.8, 4) is 0 Å². The van der Waals surface area contributed by atoms with Gasteiger partial charge in [0.15, 0.2) is 5.78 Å². The van der Waals surface area contributed by atoms with Crippen molar-refractivity contribution < 1.29 is 19.5 Å². The quantitative estimate of drug-likeness (QED) is 0.804. The summed E-state index contributed by atoms with van der Waals surface area (Å²) in [6, 6.07) is 5.47. The van der Waals surface area contributed by atoms with E-state index in [0.717, 1.165) is 50.1 Å². The predicted octanol–water partition coefficient (Wildman–Crippen LogP) is 1.72. The van der Waals surface area contributed by atoms with Crippen molar-refractivity contribution in [3.63, 3.8) is 0 Å². The van der Waals surface area contributed by atoms with E-state index in [0.29, 0.717) is 12.1 Å². The Hall–Kier alpha value is -2.37. The van der Waals surface area contributed by atoms with E-state index in [2.05, 4.69) is 4.90 Å². The first kappa shape index (κ1) is 16.5. The van der Waals surface area contributed by atoms with E-state index in [1.54, 1.807) is 6.07 Å². The number of aliphatic carboxylic acids is 1. The normalized spacial score (nSPS) is 16.3. The first-order valence-corrected chi connectivity index (χ1v) is 8.45. The van der Waals surface area contributed by atoms with Gasteiger partial charge in [-0.1, -0.05) is 0 Å². The Labute approximate surface area is 141 Å². The molecule has 1 aromatic carbocycles. The fraction of sp³-hybridized carbons (Fsp3) is 0.500. The number of hydrogen-bond donors (Lipinski definition) is 1. The van der Waals surface area contributed by atoms with E-state index < -0.39 is 5.97 Å². The van der Waals surface area contributed by atoms with Crippen LogP contribution in [0.5, 0.6) is 0 Å². The van der Waals surface area contributed by atoms with Crippen molar-refractivity contribution in [1.29, 1.82) is 0 Å². The van der Waals surface area contributed by atoms with E-state index in [-0.39, 0.29) is 24.5 Å². The largest absolute Gasteiger partial charge is 0.481 e. The Kier molecular flexibility index (Phi) is 4.83. The zero-order chi connectivity index (χ0) is 17.1. The van der Waals surface area contributed by atoms with Gasteiger partial charge in [-0.05, 0) is 43.0 Å². The lowest BCUT2D eigenvalue weighted by Gasteiger charge is -2.23. The molecular formula is C18H22N2O4. The number of amides is 1. The number of anilines is 1. The fourth-order valence-corrected chi connectivity index (χ4v) is 3.40. The summed E-state index contributed by atoms with van der Waals surface area (Å²) in [5.74, 6) is -0.940. The molecule has 128 valence electrons. The topological polar surface area (TPSA) is 77.9 Å². The molecule has 0 unspecified atom stereocenters. The Bertz CT molecular complexity index is 665. The SMILES string of the molecule is O=C(O)CCC(=O)c1ccc2c(c1)CCN2CC(=O)N1CCCC1. The first-order chi connectivity index (χ1) is 11.5. The first-order valence-electron chi connectivity index (χ1n) is 8.45. The summed E-state index contributed by atoms with van der Waals surface area (Å²) < 4.78 is 0. The zero-order valence-electron chi connectivity index (χ0n) is 13.7. The van der Waals surface area contributed by atoms with Crippen molar-refractivity contribution in [1.82, 2.24) is 4.90 Å². The number of carboxylic acids is 1. The minimum absolute atomic E-state index is 0.0191. The smallest absolute Gasteiger partial charge is 0.303 e. The summed E-state index contributed by atoms with van der Waals surface area (Å²) in [6.45, 7) is 2.88. The molecule has 0 aliphatic carbocycles. The molecule has 0 saturated carbocycles. The molecule has 0 aromatic heterocycles. The van der Waals surface area contributed by atoms with E-state index >= 15 is 0 Å². The van der Waals surface area contributed by atoms with Crippen LogP contribution in [0.15, 0.2) is 18.2 Å². The highest BCUT2D eigenvalue weighted by Gasteiger charge is 2.25. The van der Waals surface area contributed by atoms with Gasteiger partial charge in [-0.3, -0.25) is 14.4 Å². The Morgan fingerprint density at radius 1 is 1.04 bits per heavy atom. The van der Waals surface area contributed by atoms with E-state index in [9.17, 15) is 14.4 Å². The molecule has 3 rings (SSSR count). The third-order valence-electron chi connectivity index (χ3n) is 4.74. The maximum atomic E-state index is 12.3. The summed E-state index contributed by atoms with van der Waals surface area (Å²) in [6.07, 6.45) is 2.86. The highest BCUT2D eigenvalue weighted by atomic mass is 16.4. The highest BCUT2D eigenvalue weighted by molar-refractivity contribution is 5.98. The standard InChI is InChI=1S/C18H22N2O4/c21-16(5-6-18(23)24)14-3-4-15-13(11-14)7-10-20(15)12-17(22)19-8-1-2-9-19/h3-4,11H,1-2,5-10,12H2,(H,23,24). The van der Waals surface area contributed by atoms with Crippen molar-refractivity contribution in [2.24, 2.45) is 0 Å². The van der Waals surface area contributed by atoms with Crippen LogP contribution in [-0.4, -0.2) is 53.8 Å². The molecule has 1 fully saturated rings. The van der Waals surface area contributed by atoms with Crippen LogP contribution in [-0.2, 0) is 16.0 Å². The van der Waals surface area contributed by atoms with Gasteiger partial charge in [0.1, 0.15) is 0 Å². The molecule has 0 atom stereocenters. The third-order valence-corrected chi connectivity index (χ3v) is 4.74. The Morgan fingerprint density at radius 3 is 2.50 bits per heavy atom. The van der Waals surface area contributed by atoms with Crippen LogP contribution in [0.1, 0.15) is 41.6 Å². The van der Waals surface area contributed by atoms with Gasteiger partial charge in [0.05, 0.1) is 13.0 Å². The molecule has 2 aliphatic heterocycles. The minimum Gasteiger partial charge on any atom is -0.481 e. The number of benzene rings is 1. The van der Waals surface area contributed by atoms with Crippen LogP contribution < -0.4 is 4.90 Å². The number of carbonyl (C=O) groups excluding carboxylic acids is 2. The number of hydrogen-bond acceptors (Lipinski definition) is 4. The number of nitrogens with zero attached hydrogens (tertiary/aromatic N) is 2. The molecular weight excluding hydrogens is 308 g/mol. The molecule has 6 nitrogen and oxygen atoms in total. The molecule has 6 heteroatoms. The van der Waals surface area contributed by atoms with Gasteiger partial charge < -0.3 is 14.9 Å². The van der Waals surface area contributed by atoms with Gasteiger partial charge in [-0.15, -0.1) is 0 Å². The number of likely N-dealkylation sites (tertiary alicyclic amines) is 1. The van der Waals surface area contributed by atoms with Gasteiger partial charge in [0.2, 0.25) is 5.91 Å². The molecule has 0 spiro atoms. The van der Waals surface area contributed by atoms with Gasteiger partial charge in [0.25, 0.3) is 0 Å². The summed E-state index contributed by atoms with van der Waals surface area (Å²) in [5.41, 5.74) is 2.63. The number of Topliss-reactive ketones (excluding diaryl/α,β-unsaturated/α-hetero) is 1. The number of carboxylic acid groups (broad SMARTS) is 1. The summed E-state index contributed by atoms with van der Waals surface area (Å²) in [5, 5.41) is 8.68. The number of fused-ring (bicyclic) bond motifs is 1. The Balaban J connectivity index is 1.65. The average Bonchev–Trinajstić information content (AvgIpc) is 3.22. The van der Waals surface area contributed by atoms with Crippen LogP contribution in [0.25, 0.3) is 0 Å². The molecule has 1 N–H and O–H groups in total. The monoisotopic (exact) mass is 330 g/mol. The average molecular weight is 330 g/mol. The molecule has 0 bridgehead atoms. The van der Waals surface area contributed by atoms with Crippen molar-refractivity contribution >= 4 is 23.3 Å². The molecule has 24 heavy (non-hydrogen) atoms. The molecule has 0 radical (unpaired) electrons. The minimum atomic E-state index is -0.962. The molecule has 1 aromatic rings. The summed E-state index contributed by atoms with van der Waals surface area (Å²) >= 11 is 0. The Morgan fingerprint density at radius 2 is 1.79 bits per heavy atom. The molecule has 1 saturated heterocycles. The third kappa shape index (κ3) is 3.58. The van der Waals surface area contributed by atoms with E-state index in [1.165, 1.54) is 0 Å². The fourth-order valence-electron chi connectivity index (χ4n) is 3.40. The van der Waals surface area contributed by atoms with Crippen molar-refractivity contribution in [3.05, 3.63) is 29.3 Å². The second-order valence-electron chi connectivity index (χ2n) is 6.42. The number of ketones is 1. The van der Waals surface area contributed by atoms with Gasteiger partial charge in [-0.2, -0.15) is 0 Å². The second-order valence-corrected chi connectivity index (χ2v) is 6.42. The van der Waals surface area contributed by atoms with Crippen LogP contribution >= 0.6 is 0 Å². The van der Waals surface area contributed by atoms with Gasteiger partial charge in [-0.25, -0.2) is 0 Å². The lowest BCUT2D eigenvalue weighted by atomic mass is 10.0. The predicted molar refractivity (Wildman–Crippen MR) is 89.4 cm³/mol. The lowest BCUT2D eigenvalue weighted by molar-refractivity contribution is -0.137. The molecule has 2 aliphatic rings. The van der Waals surface area contributed by atoms with Crippen molar-refractivity contribution in [2.75, 3.05) is 31.1 Å². The van der Waals surface area contributed by atoms with Gasteiger partial charge >= 0.3 is 5.97 Å². The van der Waals surface area contributed by atoms with E-state index in [4.69, 9.17) is 5.11 Å². The van der Waals surface area contributed by atoms with Crippen LogP contribution in [0.4, 0.5) is 5.69 Å². The zero-order valence-corrected chi connectivity index (χ0v) is 13.7. The number of carbonyl (C=O) groups is 3. The van der Waals surface area contributed by atoms with Crippen LogP contribution in [0, 0.1) is 0 Å².